The molecule has 1 heteroatoms. The number of benzene rings is 2. The van der Waals surface area contributed by atoms with Crippen molar-refractivity contribution in [2.24, 2.45) is 11.8 Å². The van der Waals surface area contributed by atoms with Crippen LogP contribution in [-0.2, 0) is 0 Å². The fourth-order valence-electron chi connectivity index (χ4n) is 3.41. The van der Waals surface area contributed by atoms with Crippen molar-refractivity contribution in [3.05, 3.63) is 90.1 Å². The standard InChI is InChI=1S/C25H33N.C2H6/c1-18(2)17-26-21(5)16-20(4)25(24-10-8-7-9-11-24)22(6)23-14-12-19(3)13-15-23;1-2/h7-15,18,20,25-26H,5-6,16-17H2,1-4H3;1-2H3. The summed E-state index contributed by atoms with van der Waals surface area (Å²) in [6, 6.07) is 19.4. The first-order valence-corrected chi connectivity index (χ1v) is 10.6. The molecule has 0 aliphatic heterocycles. The molecule has 2 unspecified atom stereocenters. The molecule has 28 heavy (non-hydrogen) atoms. The summed E-state index contributed by atoms with van der Waals surface area (Å²) >= 11 is 0. The average molecular weight is 378 g/mol. The predicted molar refractivity (Wildman–Crippen MR) is 127 cm³/mol. The van der Waals surface area contributed by atoms with Gasteiger partial charge in [0.1, 0.15) is 0 Å². The fraction of sp³-hybridized carbons (Fsp3) is 0.407. The maximum atomic E-state index is 4.48. The highest BCUT2D eigenvalue weighted by Gasteiger charge is 2.24. The van der Waals surface area contributed by atoms with E-state index in [4.69, 9.17) is 0 Å². The molecular weight excluding hydrogens is 338 g/mol. The molecule has 1 N–H and O–H groups in total. The van der Waals surface area contributed by atoms with Crippen molar-refractivity contribution in [2.45, 2.75) is 53.9 Å². The van der Waals surface area contributed by atoms with Gasteiger partial charge in [0.15, 0.2) is 0 Å². The quantitative estimate of drug-likeness (QED) is 0.474. The predicted octanol–water partition coefficient (Wildman–Crippen LogP) is 7.60. The van der Waals surface area contributed by atoms with Crippen molar-refractivity contribution in [3.63, 3.8) is 0 Å². The SMILES string of the molecule is C=C(CC(C)C(C(=C)c1ccc(C)cc1)c1ccccc1)NCC(C)C.CC. The Bertz CT molecular complexity index is 710. The molecular formula is C27H39N. The molecule has 0 aliphatic rings. The largest absolute Gasteiger partial charge is 0.389 e. The minimum atomic E-state index is 0.275. The Balaban J connectivity index is 0.00000190. The summed E-state index contributed by atoms with van der Waals surface area (Å²) in [4.78, 5) is 0. The lowest BCUT2D eigenvalue weighted by atomic mass is 9.77. The Labute approximate surface area is 173 Å². The van der Waals surface area contributed by atoms with Gasteiger partial charge in [0.05, 0.1) is 0 Å². The van der Waals surface area contributed by atoms with Gasteiger partial charge >= 0.3 is 0 Å². The van der Waals surface area contributed by atoms with E-state index >= 15 is 0 Å². The highest BCUT2D eigenvalue weighted by molar-refractivity contribution is 5.70. The number of allylic oxidation sites excluding steroid dienone is 2. The van der Waals surface area contributed by atoms with Crippen molar-refractivity contribution in [3.8, 4) is 0 Å². The molecule has 2 rings (SSSR count). The van der Waals surface area contributed by atoms with Gasteiger partial charge in [0.2, 0.25) is 0 Å². The minimum Gasteiger partial charge on any atom is -0.389 e. The van der Waals surface area contributed by atoms with Crippen LogP contribution in [0.2, 0.25) is 0 Å². The second-order valence-electron chi connectivity index (χ2n) is 7.84. The summed E-state index contributed by atoms with van der Waals surface area (Å²) in [7, 11) is 0. The van der Waals surface area contributed by atoms with Gasteiger partial charge in [0.25, 0.3) is 0 Å². The van der Waals surface area contributed by atoms with Gasteiger partial charge < -0.3 is 5.32 Å². The monoisotopic (exact) mass is 377 g/mol. The molecule has 2 atom stereocenters. The molecule has 0 heterocycles. The first-order chi connectivity index (χ1) is 13.4. The number of nitrogens with one attached hydrogen (secondary N) is 1. The lowest BCUT2D eigenvalue weighted by Gasteiger charge is -2.28. The second kappa shape index (κ2) is 12.2. The van der Waals surface area contributed by atoms with Gasteiger partial charge in [-0.3, -0.25) is 0 Å². The summed E-state index contributed by atoms with van der Waals surface area (Å²) in [5.74, 6) is 1.31. The smallest absolute Gasteiger partial charge is 0.0166 e. The Morgan fingerprint density at radius 3 is 2.00 bits per heavy atom. The van der Waals surface area contributed by atoms with Crippen LogP contribution >= 0.6 is 0 Å². The lowest BCUT2D eigenvalue weighted by Crippen LogP contribution is -2.22. The third-order valence-corrected chi connectivity index (χ3v) is 4.85. The Morgan fingerprint density at radius 1 is 0.893 bits per heavy atom. The second-order valence-corrected chi connectivity index (χ2v) is 7.84. The number of aryl methyl sites for hydroxylation is 1. The average Bonchev–Trinajstić information content (AvgIpc) is 2.69. The summed E-state index contributed by atoms with van der Waals surface area (Å²) in [5.41, 5.74) is 6.11. The Hall–Kier alpha value is -2.28. The van der Waals surface area contributed by atoms with E-state index in [9.17, 15) is 0 Å². The van der Waals surface area contributed by atoms with E-state index in [-0.39, 0.29) is 5.92 Å². The molecule has 0 aliphatic carbocycles. The van der Waals surface area contributed by atoms with Gasteiger partial charge in [-0.1, -0.05) is 108 Å². The summed E-state index contributed by atoms with van der Waals surface area (Å²) in [6.07, 6.45) is 0.942. The fourth-order valence-corrected chi connectivity index (χ4v) is 3.41. The molecule has 0 saturated heterocycles. The zero-order valence-corrected chi connectivity index (χ0v) is 18.8. The number of hydrogen-bond donors (Lipinski definition) is 1. The molecule has 0 saturated carbocycles. The van der Waals surface area contributed by atoms with E-state index in [0.717, 1.165) is 18.7 Å². The normalized spacial score (nSPS) is 12.5. The molecule has 0 amide bonds. The first-order valence-electron chi connectivity index (χ1n) is 10.6. The van der Waals surface area contributed by atoms with E-state index in [1.807, 2.05) is 13.8 Å². The number of hydrogen-bond acceptors (Lipinski definition) is 1. The van der Waals surface area contributed by atoms with Crippen molar-refractivity contribution in [1.29, 1.82) is 0 Å². The van der Waals surface area contributed by atoms with Crippen LogP contribution in [0.3, 0.4) is 0 Å². The van der Waals surface area contributed by atoms with Crippen LogP contribution in [0.4, 0.5) is 0 Å². The van der Waals surface area contributed by atoms with Crippen LogP contribution < -0.4 is 5.32 Å². The van der Waals surface area contributed by atoms with Crippen molar-refractivity contribution >= 4 is 5.57 Å². The van der Waals surface area contributed by atoms with E-state index in [1.54, 1.807) is 0 Å². The van der Waals surface area contributed by atoms with E-state index in [1.165, 1.54) is 22.3 Å². The third kappa shape index (κ3) is 7.38. The van der Waals surface area contributed by atoms with Crippen LogP contribution in [0.1, 0.15) is 63.6 Å². The van der Waals surface area contributed by atoms with Crippen LogP contribution in [-0.4, -0.2) is 6.54 Å². The lowest BCUT2D eigenvalue weighted by molar-refractivity contribution is 0.497. The zero-order chi connectivity index (χ0) is 21.1. The molecule has 0 aromatic heterocycles. The highest BCUT2D eigenvalue weighted by atomic mass is 14.9. The first kappa shape index (κ1) is 23.8. The van der Waals surface area contributed by atoms with Crippen LogP contribution in [0, 0.1) is 18.8 Å². The maximum Gasteiger partial charge on any atom is 0.0166 e. The molecule has 2 aromatic rings. The van der Waals surface area contributed by atoms with Crippen molar-refractivity contribution in [2.75, 3.05) is 6.54 Å². The van der Waals surface area contributed by atoms with E-state index in [0.29, 0.717) is 11.8 Å². The van der Waals surface area contributed by atoms with E-state index in [2.05, 4.69) is 101 Å². The highest BCUT2D eigenvalue weighted by Crippen LogP contribution is 2.39. The molecule has 2 aromatic carbocycles. The zero-order valence-electron chi connectivity index (χ0n) is 18.8. The third-order valence-electron chi connectivity index (χ3n) is 4.85. The van der Waals surface area contributed by atoms with Crippen molar-refractivity contribution in [1.82, 2.24) is 5.32 Å². The molecule has 0 bridgehead atoms. The topological polar surface area (TPSA) is 12.0 Å². The molecule has 1 nitrogen and oxygen atoms in total. The molecule has 152 valence electrons. The maximum absolute atomic E-state index is 4.48. The Morgan fingerprint density at radius 2 is 1.46 bits per heavy atom. The van der Waals surface area contributed by atoms with E-state index < -0.39 is 0 Å². The Kier molecular flexibility index (Phi) is 10.4. The van der Waals surface area contributed by atoms with Gasteiger partial charge in [-0.25, -0.2) is 0 Å². The van der Waals surface area contributed by atoms with Gasteiger partial charge in [0, 0.05) is 18.2 Å². The van der Waals surface area contributed by atoms with Gasteiger partial charge in [-0.15, -0.1) is 0 Å². The van der Waals surface area contributed by atoms with Crippen LogP contribution in [0.5, 0.6) is 0 Å². The van der Waals surface area contributed by atoms with Crippen LogP contribution in [0.25, 0.3) is 5.57 Å². The molecule has 0 radical (unpaired) electrons. The summed E-state index contributed by atoms with van der Waals surface area (Å²) in [5, 5.41) is 3.48. The summed E-state index contributed by atoms with van der Waals surface area (Å²) in [6.45, 7) is 22.6. The number of rotatable bonds is 9. The van der Waals surface area contributed by atoms with Crippen molar-refractivity contribution < 1.29 is 0 Å². The van der Waals surface area contributed by atoms with Gasteiger partial charge in [-0.05, 0) is 41.9 Å². The van der Waals surface area contributed by atoms with Gasteiger partial charge in [-0.2, -0.15) is 0 Å². The minimum absolute atomic E-state index is 0.275. The van der Waals surface area contributed by atoms with Crippen LogP contribution in [0.15, 0.2) is 73.5 Å². The molecule has 0 spiro atoms. The summed E-state index contributed by atoms with van der Waals surface area (Å²) < 4.78 is 0. The molecule has 0 fully saturated rings.